The topological polar surface area (TPSA) is 12.0 Å². The largest absolute Gasteiger partial charge is 0.389 e. The van der Waals surface area contributed by atoms with Gasteiger partial charge >= 0.3 is 0 Å². The van der Waals surface area contributed by atoms with Crippen LogP contribution in [0.4, 0.5) is 0 Å². The second kappa shape index (κ2) is 9.99. The van der Waals surface area contributed by atoms with Crippen molar-refractivity contribution in [2.24, 2.45) is 17.3 Å². The van der Waals surface area contributed by atoms with E-state index in [4.69, 9.17) is 0 Å². The van der Waals surface area contributed by atoms with E-state index in [1.807, 2.05) is 0 Å². The normalized spacial score (nSPS) is 33.3. The summed E-state index contributed by atoms with van der Waals surface area (Å²) in [5, 5.41) is 3.36. The molecule has 0 radical (unpaired) electrons. The predicted molar refractivity (Wildman–Crippen MR) is 123 cm³/mol. The zero-order valence-electron chi connectivity index (χ0n) is 18.6. The smallest absolute Gasteiger partial charge is 0.0115 e. The SMILES string of the molecule is C=C(CCCCC1CCC2/C(=C/C=C3/CCCCC3=C)CCCC12C)NCC. The number of allylic oxidation sites excluding steroid dienone is 6. The Morgan fingerprint density at radius 2 is 1.93 bits per heavy atom. The molecule has 3 fully saturated rings. The number of fused-ring (bicyclic) bond motifs is 1. The first-order valence-corrected chi connectivity index (χ1v) is 12.0. The highest BCUT2D eigenvalue weighted by Crippen LogP contribution is 2.58. The van der Waals surface area contributed by atoms with Gasteiger partial charge in [-0.1, -0.05) is 49.8 Å². The summed E-state index contributed by atoms with van der Waals surface area (Å²) in [6.45, 7) is 14.2. The van der Waals surface area contributed by atoms with Gasteiger partial charge in [-0.25, -0.2) is 0 Å². The molecule has 1 N–H and O–H groups in total. The van der Waals surface area contributed by atoms with E-state index >= 15 is 0 Å². The zero-order chi connectivity index (χ0) is 20.0. The summed E-state index contributed by atoms with van der Waals surface area (Å²) >= 11 is 0. The van der Waals surface area contributed by atoms with E-state index in [2.05, 4.69) is 44.5 Å². The summed E-state index contributed by atoms with van der Waals surface area (Å²) in [5.41, 5.74) is 6.44. The number of hydrogen-bond acceptors (Lipinski definition) is 1. The van der Waals surface area contributed by atoms with Crippen LogP contribution in [0.2, 0.25) is 0 Å². The molecule has 0 bridgehead atoms. The van der Waals surface area contributed by atoms with Crippen LogP contribution in [0.15, 0.2) is 47.7 Å². The molecule has 0 heterocycles. The highest BCUT2D eigenvalue weighted by atomic mass is 14.9. The molecule has 1 nitrogen and oxygen atoms in total. The Hall–Kier alpha value is -1.24. The molecule has 3 atom stereocenters. The van der Waals surface area contributed by atoms with Gasteiger partial charge in [0.1, 0.15) is 0 Å². The fraction of sp³-hybridized carbons (Fsp3) is 0.704. The maximum Gasteiger partial charge on any atom is 0.0115 e. The van der Waals surface area contributed by atoms with Crippen molar-refractivity contribution in [3.05, 3.63) is 47.7 Å². The van der Waals surface area contributed by atoms with E-state index in [0.29, 0.717) is 5.41 Å². The molecule has 0 aliphatic heterocycles. The van der Waals surface area contributed by atoms with Crippen LogP contribution in [-0.4, -0.2) is 6.54 Å². The van der Waals surface area contributed by atoms with Crippen molar-refractivity contribution < 1.29 is 0 Å². The Morgan fingerprint density at radius 1 is 1.11 bits per heavy atom. The number of hydrogen-bond donors (Lipinski definition) is 1. The van der Waals surface area contributed by atoms with Crippen molar-refractivity contribution in [2.45, 2.75) is 97.3 Å². The minimum atomic E-state index is 0.546. The predicted octanol–water partition coefficient (Wildman–Crippen LogP) is 7.87. The second-order valence-corrected chi connectivity index (χ2v) is 9.81. The quantitative estimate of drug-likeness (QED) is 0.422. The fourth-order valence-corrected chi connectivity index (χ4v) is 6.29. The van der Waals surface area contributed by atoms with Crippen molar-refractivity contribution in [3.63, 3.8) is 0 Å². The highest BCUT2D eigenvalue weighted by molar-refractivity contribution is 5.35. The molecule has 0 aromatic carbocycles. The van der Waals surface area contributed by atoms with E-state index in [0.717, 1.165) is 24.8 Å². The third kappa shape index (κ3) is 5.02. The average molecular weight is 382 g/mol. The summed E-state index contributed by atoms with van der Waals surface area (Å²) in [6, 6.07) is 0. The molecule has 3 unspecified atom stereocenters. The molecular weight excluding hydrogens is 338 g/mol. The van der Waals surface area contributed by atoms with Crippen molar-refractivity contribution in [1.29, 1.82) is 0 Å². The highest BCUT2D eigenvalue weighted by Gasteiger charge is 2.48. The number of unbranched alkanes of at least 4 members (excludes halogenated alkanes) is 1. The minimum Gasteiger partial charge on any atom is -0.389 e. The van der Waals surface area contributed by atoms with Gasteiger partial charge in [-0.3, -0.25) is 0 Å². The first-order valence-electron chi connectivity index (χ1n) is 12.0. The van der Waals surface area contributed by atoms with Gasteiger partial charge in [0.15, 0.2) is 0 Å². The van der Waals surface area contributed by atoms with Crippen molar-refractivity contribution >= 4 is 0 Å². The van der Waals surface area contributed by atoms with Gasteiger partial charge < -0.3 is 5.32 Å². The zero-order valence-corrected chi connectivity index (χ0v) is 18.6. The lowest BCUT2D eigenvalue weighted by Crippen LogP contribution is -2.33. The summed E-state index contributed by atoms with van der Waals surface area (Å²) in [4.78, 5) is 0. The summed E-state index contributed by atoms with van der Waals surface area (Å²) in [7, 11) is 0. The van der Waals surface area contributed by atoms with Crippen LogP contribution in [0.5, 0.6) is 0 Å². The Kier molecular flexibility index (Phi) is 7.66. The average Bonchev–Trinajstić information content (AvgIpc) is 3.01. The number of rotatable bonds is 8. The first-order chi connectivity index (χ1) is 13.5. The van der Waals surface area contributed by atoms with Gasteiger partial charge in [0.2, 0.25) is 0 Å². The van der Waals surface area contributed by atoms with Crippen LogP contribution in [0.3, 0.4) is 0 Å². The van der Waals surface area contributed by atoms with E-state index in [-0.39, 0.29) is 0 Å². The lowest BCUT2D eigenvalue weighted by atomic mass is 9.62. The van der Waals surface area contributed by atoms with Crippen LogP contribution >= 0.6 is 0 Å². The molecular formula is C27H43N. The Balaban J connectivity index is 1.58. The minimum absolute atomic E-state index is 0.546. The molecule has 1 heteroatoms. The van der Waals surface area contributed by atoms with E-state index in [1.54, 1.807) is 5.57 Å². The van der Waals surface area contributed by atoms with Crippen molar-refractivity contribution in [1.82, 2.24) is 5.32 Å². The monoisotopic (exact) mass is 381 g/mol. The van der Waals surface area contributed by atoms with Gasteiger partial charge in [0, 0.05) is 12.2 Å². The van der Waals surface area contributed by atoms with Crippen LogP contribution in [-0.2, 0) is 0 Å². The lowest BCUT2D eigenvalue weighted by molar-refractivity contribution is 0.127. The van der Waals surface area contributed by atoms with Gasteiger partial charge in [0.25, 0.3) is 0 Å². The van der Waals surface area contributed by atoms with E-state index in [9.17, 15) is 0 Å². The van der Waals surface area contributed by atoms with Crippen molar-refractivity contribution in [2.75, 3.05) is 6.54 Å². The van der Waals surface area contributed by atoms with Crippen LogP contribution < -0.4 is 5.32 Å². The summed E-state index contributed by atoms with van der Waals surface area (Å²) in [5.74, 6) is 1.75. The third-order valence-corrected chi connectivity index (χ3v) is 8.00. The second-order valence-electron chi connectivity index (χ2n) is 9.81. The Morgan fingerprint density at radius 3 is 2.71 bits per heavy atom. The van der Waals surface area contributed by atoms with Crippen LogP contribution in [0.1, 0.15) is 97.3 Å². The van der Waals surface area contributed by atoms with E-state index in [1.165, 1.54) is 93.9 Å². The molecule has 3 rings (SSSR count). The molecule has 156 valence electrons. The molecule has 0 spiro atoms. The van der Waals surface area contributed by atoms with Crippen LogP contribution in [0.25, 0.3) is 0 Å². The third-order valence-electron chi connectivity index (χ3n) is 8.00. The molecule has 3 aliphatic rings. The molecule has 3 aliphatic carbocycles. The molecule has 0 saturated heterocycles. The van der Waals surface area contributed by atoms with Gasteiger partial charge in [-0.2, -0.15) is 0 Å². The van der Waals surface area contributed by atoms with Crippen LogP contribution in [0, 0.1) is 17.3 Å². The number of nitrogens with one attached hydrogen (secondary N) is 1. The maximum absolute atomic E-state index is 4.31. The maximum atomic E-state index is 4.31. The van der Waals surface area contributed by atoms with Gasteiger partial charge in [-0.05, 0) is 107 Å². The van der Waals surface area contributed by atoms with Gasteiger partial charge in [0.05, 0.1) is 0 Å². The summed E-state index contributed by atoms with van der Waals surface area (Å²) in [6.07, 6.45) is 22.3. The van der Waals surface area contributed by atoms with Gasteiger partial charge in [-0.15, -0.1) is 0 Å². The Labute approximate surface area is 174 Å². The molecule has 28 heavy (non-hydrogen) atoms. The lowest BCUT2D eigenvalue weighted by Gasteiger charge is -2.42. The Bertz CT molecular complexity index is 622. The molecule has 0 aromatic rings. The molecule has 0 amide bonds. The van der Waals surface area contributed by atoms with Crippen molar-refractivity contribution in [3.8, 4) is 0 Å². The molecule has 0 aromatic heterocycles. The fourth-order valence-electron chi connectivity index (χ4n) is 6.29. The standard InChI is InChI=1S/C27H43N/c1-5-28-22(3)12-7-9-15-25-18-19-26-24(14-10-20-27(25,26)4)17-16-23-13-8-6-11-21(23)2/h16-17,25-26,28H,2-3,5-15,18-20H2,1,4H3/b23-16-,24-17+. The first kappa shape index (κ1) is 21.5. The summed E-state index contributed by atoms with van der Waals surface area (Å²) < 4.78 is 0. The molecule has 3 saturated carbocycles. The van der Waals surface area contributed by atoms with E-state index < -0.39 is 0 Å².